The number of rotatable bonds is 3. The van der Waals surface area contributed by atoms with Crippen LogP contribution in [-0.4, -0.2) is 14.5 Å². The Hall–Kier alpha value is -1.72. The van der Waals surface area contributed by atoms with Crippen LogP contribution in [0.25, 0.3) is 10.9 Å². The van der Waals surface area contributed by atoms with Crippen LogP contribution in [0.5, 0.6) is 0 Å². The molecule has 0 bridgehead atoms. The lowest BCUT2D eigenvalue weighted by atomic mass is 10.1. The number of nitrogens with two attached hydrogens (primary N) is 1. The molecule has 20 heavy (non-hydrogen) atoms. The van der Waals surface area contributed by atoms with Crippen LogP contribution in [0.3, 0.4) is 0 Å². The first-order valence-corrected chi connectivity index (χ1v) is 7.32. The van der Waals surface area contributed by atoms with Crippen LogP contribution in [0.15, 0.2) is 53.4 Å². The third kappa shape index (κ3) is 2.59. The van der Waals surface area contributed by atoms with Crippen molar-refractivity contribution in [3.63, 3.8) is 0 Å². The summed E-state index contributed by atoms with van der Waals surface area (Å²) in [5.41, 5.74) is 8.85. The number of pyridine rings is 1. The van der Waals surface area contributed by atoms with Gasteiger partial charge < -0.3 is 10.3 Å². The Morgan fingerprint density at radius 2 is 2.10 bits per heavy atom. The average molecular weight is 346 g/mol. The van der Waals surface area contributed by atoms with Gasteiger partial charge in [0.25, 0.3) is 0 Å². The second-order valence-corrected chi connectivity index (χ2v) is 5.95. The summed E-state index contributed by atoms with van der Waals surface area (Å²) >= 11 is 8.48. The summed E-state index contributed by atoms with van der Waals surface area (Å²) < 4.78 is 3.15. The first-order valence-electron chi connectivity index (χ1n) is 6.11. The monoisotopic (exact) mass is 345 g/mol. The largest absolute Gasteiger partial charge is 0.389 e. The quantitative estimate of drug-likeness (QED) is 0.739. The molecule has 2 N–H and O–H groups in total. The van der Waals surface area contributed by atoms with E-state index in [1.807, 2.05) is 24.4 Å². The van der Waals surface area contributed by atoms with E-state index in [9.17, 15) is 0 Å². The fourth-order valence-electron chi connectivity index (χ4n) is 2.21. The standard InChI is InChI=1S/C15H12BrN3S/c16-13-5-10(7-18-8-13)9-19-4-3-11-1-2-12(15(17)20)6-14(11)19/h1-8H,9H2,(H2,17,20). The Balaban J connectivity index is 2.03. The molecular weight excluding hydrogens is 334 g/mol. The Morgan fingerprint density at radius 3 is 2.85 bits per heavy atom. The van der Waals surface area contributed by atoms with Crippen LogP contribution in [0.4, 0.5) is 0 Å². The maximum Gasteiger partial charge on any atom is 0.104 e. The Bertz CT molecular complexity index is 795. The van der Waals surface area contributed by atoms with Gasteiger partial charge in [0.1, 0.15) is 4.99 Å². The second kappa shape index (κ2) is 5.34. The number of hydrogen-bond donors (Lipinski definition) is 1. The third-order valence-electron chi connectivity index (χ3n) is 3.17. The summed E-state index contributed by atoms with van der Waals surface area (Å²) in [7, 11) is 0. The topological polar surface area (TPSA) is 43.8 Å². The zero-order chi connectivity index (χ0) is 14.1. The number of benzene rings is 1. The van der Waals surface area contributed by atoms with Crippen LogP contribution in [0, 0.1) is 0 Å². The van der Waals surface area contributed by atoms with E-state index in [0.717, 1.165) is 27.7 Å². The highest BCUT2D eigenvalue weighted by molar-refractivity contribution is 9.10. The molecule has 3 rings (SSSR count). The number of aromatic nitrogens is 2. The molecule has 0 atom stereocenters. The summed E-state index contributed by atoms with van der Waals surface area (Å²) in [4.78, 5) is 4.61. The zero-order valence-electron chi connectivity index (χ0n) is 10.6. The van der Waals surface area contributed by atoms with Crippen molar-refractivity contribution >= 4 is 44.0 Å². The molecule has 100 valence electrons. The third-order valence-corrected chi connectivity index (χ3v) is 3.84. The minimum atomic E-state index is 0.420. The van der Waals surface area contributed by atoms with Crippen LogP contribution in [0.1, 0.15) is 11.1 Å². The average Bonchev–Trinajstić information content (AvgIpc) is 2.81. The molecule has 0 fully saturated rings. The maximum atomic E-state index is 5.70. The molecule has 0 unspecified atom stereocenters. The minimum Gasteiger partial charge on any atom is -0.389 e. The summed E-state index contributed by atoms with van der Waals surface area (Å²) in [6, 6.07) is 10.2. The Morgan fingerprint density at radius 1 is 1.25 bits per heavy atom. The fourth-order valence-corrected chi connectivity index (χ4v) is 2.75. The van der Waals surface area contributed by atoms with Crippen molar-refractivity contribution in [1.29, 1.82) is 0 Å². The highest BCUT2D eigenvalue weighted by Gasteiger charge is 2.05. The van der Waals surface area contributed by atoms with E-state index in [2.05, 4.69) is 43.8 Å². The van der Waals surface area contributed by atoms with Gasteiger partial charge in [-0.3, -0.25) is 4.98 Å². The van der Waals surface area contributed by atoms with E-state index in [4.69, 9.17) is 18.0 Å². The highest BCUT2D eigenvalue weighted by atomic mass is 79.9. The van der Waals surface area contributed by atoms with Crippen molar-refractivity contribution in [2.75, 3.05) is 0 Å². The normalized spacial score (nSPS) is 10.8. The Kier molecular flexibility index (Phi) is 3.54. The molecule has 0 radical (unpaired) electrons. The lowest BCUT2D eigenvalue weighted by molar-refractivity contribution is 0.830. The molecule has 3 nitrogen and oxygen atoms in total. The van der Waals surface area contributed by atoms with E-state index < -0.39 is 0 Å². The summed E-state index contributed by atoms with van der Waals surface area (Å²) in [5.74, 6) is 0. The van der Waals surface area contributed by atoms with Crippen molar-refractivity contribution < 1.29 is 0 Å². The molecule has 3 aromatic rings. The van der Waals surface area contributed by atoms with Crippen LogP contribution >= 0.6 is 28.1 Å². The summed E-state index contributed by atoms with van der Waals surface area (Å²) in [6.07, 6.45) is 5.71. The van der Waals surface area contributed by atoms with E-state index in [0.29, 0.717) is 4.99 Å². The highest BCUT2D eigenvalue weighted by Crippen LogP contribution is 2.20. The van der Waals surface area contributed by atoms with Crippen molar-refractivity contribution in [3.8, 4) is 0 Å². The molecule has 0 saturated heterocycles. The molecule has 2 heterocycles. The van der Waals surface area contributed by atoms with Gasteiger partial charge in [-0.25, -0.2) is 0 Å². The van der Waals surface area contributed by atoms with Crippen molar-refractivity contribution in [1.82, 2.24) is 9.55 Å². The zero-order valence-corrected chi connectivity index (χ0v) is 13.0. The smallest absolute Gasteiger partial charge is 0.104 e. The maximum absolute atomic E-state index is 5.70. The molecule has 5 heteroatoms. The summed E-state index contributed by atoms with van der Waals surface area (Å²) in [6.45, 7) is 0.761. The molecule has 0 aliphatic rings. The van der Waals surface area contributed by atoms with Gasteiger partial charge in [0.05, 0.1) is 0 Å². The van der Waals surface area contributed by atoms with E-state index >= 15 is 0 Å². The van der Waals surface area contributed by atoms with Crippen molar-refractivity contribution in [2.45, 2.75) is 6.54 Å². The second-order valence-electron chi connectivity index (χ2n) is 4.59. The van der Waals surface area contributed by atoms with Gasteiger partial charge in [-0.2, -0.15) is 0 Å². The van der Waals surface area contributed by atoms with E-state index in [1.165, 1.54) is 5.39 Å². The number of fused-ring (bicyclic) bond motifs is 1. The molecule has 1 aromatic carbocycles. The Labute approximate surface area is 130 Å². The number of nitrogens with zero attached hydrogens (tertiary/aromatic N) is 2. The van der Waals surface area contributed by atoms with Crippen LogP contribution in [0.2, 0.25) is 0 Å². The van der Waals surface area contributed by atoms with Gasteiger partial charge in [0, 0.05) is 40.7 Å². The summed E-state index contributed by atoms with van der Waals surface area (Å²) in [5, 5.41) is 1.17. The van der Waals surface area contributed by atoms with Crippen LogP contribution < -0.4 is 5.73 Å². The molecule has 0 spiro atoms. The SMILES string of the molecule is NC(=S)c1ccc2ccn(Cc3cncc(Br)c3)c2c1. The van der Waals surface area contributed by atoms with E-state index in [-0.39, 0.29) is 0 Å². The number of thiocarbonyl (C=S) groups is 1. The van der Waals surface area contributed by atoms with Gasteiger partial charge in [-0.1, -0.05) is 24.4 Å². The van der Waals surface area contributed by atoms with Crippen molar-refractivity contribution in [2.24, 2.45) is 5.73 Å². The van der Waals surface area contributed by atoms with Gasteiger partial charge >= 0.3 is 0 Å². The molecule has 0 aliphatic carbocycles. The minimum absolute atomic E-state index is 0.420. The number of hydrogen-bond acceptors (Lipinski definition) is 2. The predicted octanol–water partition coefficient (Wildman–Crippen LogP) is 3.48. The molecule has 0 saturated carbocycles. The van der Waals surface area contributed by atoms with Gasteiger partial charge in [-0.15, -0.1) is 0 Å². The predicted molar refractivity (Wildman–Crippen MR) is 88.9 cm³/mol. The lowest BCUT2D eigenvalue weighted by Crippen LogP contribution is -2.09. The van der Waals surface area contributed by atoms with Gasteiger partial charge in [0.2, 0.25) is 0 Å². The lowest BCUT2D eigenvalue weighted by Gasteiger charge is -2.07. The first kappa shape index (κ1) is 13.3. The number of halogens is 1. The molecular formula is C15H12BrN3S. The van der Waals surface area contributed by atoms with E-state index in [1.54, 1.807) is 6.20 Å². The molecule has 0 amide bonds. The first-order chi connectivity index (χ1) is 9.63. The van der Waals surface area contributed by atoms with Crippen molar-refractivity contribution in [3.05, 3.63) is 64.5 Å². The molecule has 0 aliphatic heterocycles. The fraction of sp³-hybridized carbons (Fsp3) is 0.0667. The van der Waals surface area contributed by atoms with Crippen LogP contribution in [-0.2, 0) is 6.54 Å². The van der Waals surface area contributed by atoms with Gasteiger partial charge in [-0.05, 0) is 45.1 Å². The molecule has 2 aromatic heterocycles. The van der Waals surface area contributed by atoms with Gasteiger partial charge in [0.15, 0.2) is 0 Å².